The summed E-state index contributed by atoms with van der Waals surface area (Å²) in [5.41, 5.74) is 2.04. The van der Waals surface area contributed by atoms with Crippen molar-refractivity contribution in [2.45, 2.75) is 0 Å². The minimum atomic E-state index is -0.337. The van der Waals surface area contributed by atoms with Crippen LogP contribution in [0.15, 0.2) is 79.3 Å². The number of fused-ring (bicyclic) bond motifs is 1. The monoisotopic (exact) mass is 326 g/mol. The van der Waals surface area contributed by atoms with Crippen LogP contribution >= 0.6 is 0 Å². The Bertz CT molecular complexity index is 1050. The van der Waals surface area contributed by atoms with E-state index in [0.717, 1.165) is 16.6 Å². The SMILES string of the molecule is O=C(Nc1cccc(-c2ccc3ccccc3c2)n1)c1cnccn1. The number of carbonyl (C=O) groups excluding carboxylic acids is 1. The van der Waals surface area contributed by atoms with Gasteiger partial charge in [0.15, 0.2) is 0 Å². The third-order valence-electron chi connectivity index (χ3n) is 3.83. The summed E-state index contributed by atoms with van der Waals surface area (Å²) >= 11 is 0. The zero-order chi connectivity index (χ0) is 17.1. The molecule has 0 bridgehead atoms. The van der Waals surface area contributed by atoms with Crippen LogP contribution in [-0.2, 0) is 0 Å². The number of aromatic nitrogens is 3. The fourth-order valence-corrected chi connectivity index (χ4v) is 2.61. The van der Waals surface area contributed by atoms with Gasteiger partial charge in [-0.1, -0.05) is 42.5 Å². The molecule has 5 nitrogen and oxygen atoms in total. The topological polar surface area (TPSA) is 67.8 Å². The highest BCUT2D eigenvalue weighted by Gasteiger charge is 2.09. The molecular formula is C20H14N4O. The predicted molar refractivity (Wildman–Crippen MR) is 97.2 cm³/mol. The third-order valence-corrected chi connectivity index (χ3v) is 3.83. The number of hydrogen-bond donors (Lipinski definition) is 1. The van der Waals surface area contributed by atoms with E-state index in [-0.39, 0.29) is 11.6 Å². The van der Waals surface area contributed by atoms with Crippen molar-refractivity contribution in [2.24, 2.45) is 0 Å². The molecule has 0 aliphatic rings. The van der Waals surface area contributed by atoms with Crippen LogP contribution < -0.4 is 5.32 Å². The van der Waals surface area contributed by atoms with Crippen molar-refractivity contribution < 1.29 is 4.79 Å². The van der Waals surface area contributed by atoms with E-state index in [1.54, 1.807) is 6.07 Å². The number of nitrogens with one attached hydrogen (secondary N) is 1. The third kappa shape index (κ3) is 3.21. The lowest BCUT2D eigenvalue weighted by atomic mass is 10.0. The summed E-state index contributed by atoms with van der Waals surface area (Å²) < 4.78 is 0. The molecule has 2 heterocycles. The van der Waals surface area contributed by atoms with E-state index in [4.69, 9.17) is 0 Å². The smallest absolute Gasteiger partial charge is 0.277 e. The minimum Gasteiger partial charge on any atom is -0.305 e. The average Bonchev–Trinajstić information content (AvgIpc) is 2.68. The molecule has 5 heteroatoms. The molecule has 2 aromatic heterocycles. The molecule has 0 unspecified atom stereocenters. The molecule has 120 valence electrons. The molecule has 1 amide bonds. The number of rotatable bonds is 3. The normalized spacial score (nSPS) is 10.6. The molecule has 4 aromatic rings. The van der Waals surface area contributed by atoms with Crippen molar-refractivity contribution in [1.82, 2.24) is 15.0 Å². The Hall–Kier alpha value is -3.60. The summed E-state index contributed by atoms with van der Waals surface area (Å²) in [6.45, 7) is 0. The maximum absolute atomic E-state index is 12.2. The van der Waals surface area contributed by atoms with Crippen molar-refractivity contribution in [3.8, 4) is 11.3 Å². The van der Waals surface area contributed by atoms with Gasteiger partial charge in [0, 0.05) is 18.0 Å². The van der Waals surface area contributed by atoms with E-state index in [9.17, 15) is 4.79 Å². The van der Waals surface area contributed by atoms with Gasteiger partial charge >= 0.3 is 0 Å². The molecule has 0 aliphatic carbocycles. The van der Waals surface area contributed by atoms with Crippen LogP contribution in [0, 0.1) is 0 Å². The van der Waals surface area contributed by atoms with Gasteiger partial charge in [-0.25, -0.2) is 9.97 Å². The van der Waals surface area contributed by atoms with Crippen LogP contribution in [0.4, 0.5) is 5.82 Å². The average molecular weight is 326 g/mol. The van der Waals surface area contributed by atoms with Gasteiger partial charge in [0.25, 0.3) is 5.91 Å². The number of nitrogens with zero attached hydrogens (tertiary/aromatic N) is 3. The van der Waals surface area contributed by atoms with Crippen LogP contribution in [-0.4, -0.2) is 20.9 Å². The molecular weight excluding hydrogens is 312 g/mol. The standard InChI is InChI=1S/C20H14N4O/c25-20(18-13-21-10-11-22-18)24-19-7-3-6-17(23-19)16-9-8-14-4-1-2-5-15(14)12-16/h1-13H,(H,23,24,25). The van der Waals surface area contributed by atoms with Gasteiger partial charge in [-0.05, 0) is 29.0 Å². The summed E-state index contributed by atoms with van der Waals surface area (Å²) in [6.07, 6.45) is 4.42. The number of anilines is 1. The quantitative estimate of drug-likeness (QED) is 0.619. The Morgan fingerprint density at radius 2 is 1.76 bits per heavy atom. The number of carbonyl (C=O) groups is 1. The lowest BCUT2D eigenvalue weighted by Gasteiger charge is -2.07. The Labute approximate surface area is 144 Å². The molecule has 0 saturated heterocycles. The van der Waals surface area contributed by atoms with Crippen molar-refractivity contribution in [3.63, 3.8) is 0 Å². The zero-order valence-corrected chi connectivity index (χ0v) is 13.3. The minimum absolute atomic E-state index is 0.250. The lowest BCUT2D eigenvalue weighted by molar-refractivity contribution is 0.102. The summed E-state index contributed by atoms with van der Waals surface area (Å²) in [7, 11) is 0. The van der Waals surface area contributed by atoms with Crippen LogP contribution in [0.1, 0.15) is 10.5 Å². The Morgan fingerprint density at radius 1 is 0.880 bits per heavy atom. The van der Waals surface area contributed by atoms with E-state index >= 15 is 0 Å². The number of pyridine rings is 1. The summed E-state index contributed by atoms with van der Waals surface area (Å²) in [6, 6.07) is 19.9. The number of hydrogen-bond acceptors (Lipinski definition) is 4. The lowest BCUT2D eigenvalue weighted by Crippen LogP contribution is -2.14. The molecule has 25 heavy (non-hydrogen) atoms. The maximum Gasteiger partial charge on any atom is 0.277 e. The number of benzene rings is 2. The van der Waals surface area contributed by atoms with Crippen molar-refractivity contribution in [3.05, 3.63) is 84.9 Å². The second kappa shape index (κ2) is 6.49. The Balaban J connectivity index is 1.63. The van der Waals surface area contributed by atoms with E-state index in [1.165, 1.54) is 24.0 Å². The predicted octanol–water partition coefficient (Wildman–Crippen LogP) is 3.94. The molecule has 2 aromatic carbocycles. The van der Waals surface area contributed by atoms with Crippen LogP contribution in [0.25, 0.3) is 22.0 Å². The highest BCUT2D eigenvalue weighted by Crippen LogP contribution is 2.24. The first-order valence-electron chi connectivity index (χ1n) is 7.83. The largest absolute Gasteiger partial charge is 0.305 e. The molecule has 4 rings (SSSR count). The fourth-order valence-electron chi connectivity index (χ4n) is 2.61. The van der Waals surface area contributed by atoms with Crippen molar-refractivity contribution >= 4 is 22.5 Å². The summed E-state index contributed by atoms with van der Waals surface area (Å²) in [5.74, 6) is 0.137. The highest BCUT2D eigenvalue weighted by atomic mass is 16.1. The Morgan fingerprint density at radius 3 is 2.60 bits per heavy atom. The molecule has 0 aliphatic heterocycles. The molecule has 0 spiro atoms. The van der Waals surface area contributed by atoms with E-state index < -0.39 is 0 Å². The van der Waals surface area contributed by atoms with E-state index in [1.807, 2.05) is 30.3 Å². The van der Waals surface area contributed by atoms with Gasteiger partial charge < -0.3 is 5.32 Å². The molecule has 0 atom stereocenters. The number of amides is 1. The van der Waals surface area contributed by atoms with Gasteiger partial charge in [-0.3, -0.25) is 9.78 Å². The summed E-state index contributed by atoms with van der Waals surface area (Å²) in [4.78, 5) is 24.6. The second-order valence-electron chi connectivity index (χ2n) is 5.51. The van der Waals surface area contributed by atoms with E-state index in [0.29, 0.717) is 5.82 Å². The maximum atomic E-state index is 12.2. The van der Waals surface area contributed by atoms with Crippen LogP contribution in [0.2, 0.25) is 0 Å². The molecule has 0 radical (unpaired) electrons. The summed E-state index contributed by atoms with van der Waals surface area (Å²) in [5, 5.41) is 5.08. The van der Waals surface area contributed by atoms with E-state index in [2.05, 4.69) is 44.5 Å². The first-order valence-corrected chi connectivity index (χ1v) is 7.83. The molecule has 1 N–H and O–H groups in total. The van der Waals surface area contributed by atoms with Gasteiger partial charge in [0.05, 0.1) is 11.9 Å². The fraction of sp³-hybridized carbons (Fsp3) is 0. The highest BCUT2D eigenvalue weighted by molar-refractivity contribution is 6.02. The van der Waals surface area contributed by atoms with Gasteiger partial charge in [-0.2, -0.15) is 0 Å². The zero-order valence-electron chi connectivity index (χ0n) is 13.3. The van der Waals surface area contributed by atoms with Gasteiger partial charge in [0.1, 0.15) is 11.5 Å². The van der Waals surface area contributed by atoms with Crippen LogP contribution in [0.5, 0.6) is 0 Å². The van der Waals surface area contributed by atoms with Crippen molar-refractivity contribution in [2.75, 3.05) is 5.32 Å². The van der Waals surface area contributed by atoms with Crippen molar-refractivity contribution in [1.29, 1.82) is 0 Å². The van der Waals surface area contributed by atoms with Gasteiger partial charge in [-0.15, -0.1) is 0 Å². The molecule has 0 fully saturated rings. The first kappa shape index (κ1) is 15.0. The Kier molecular flexibility index (Phi) is 3.88. The molecule has 0 saturated carbocycles. The van der Waals surface area contributed by atoms with Gasteiger partial charge in [0.2, 0.25) is 0 Å². The second-order valence-corrected chi connectivity index (χ2v) is 5.51. The van der Waals surface area contributed by atoms with Crippen LogP contribution in [0.3, 0.4) is 0 Å². The first-order chi connectivity index (χ1) is 12.3.